The third kappa shape index (κ3) is 3.15. The number of carbonyl (C=O) groups excluding carboxylic acids is 1. The number of fused-ring (bicyclic) bond motifs is 2. The molecule has 1 N–H and O–H groups in total. The largest absolute Gasteiger partial charge is 0.338 e. The van der Waals surface area contributed by atoms with E-state index in [2.05, 4.69) is 30.7 Å². The van der Waals surface area contributed by atoms with Gasteiger partial charge in [-0.25, -0.2) is 4.98 Å². The van der Waals surface area contributed by atoms with E-state index in [1.807, 2.05) is 17.9 Å². The van der Waals surface area contributed by atoms with E-state index in [-0.39, 0.29) is 22.3 Å². The van der Waals surface area contributed by atoms with Crippen molar-refractivity contribution in [2.24, 2.45) is 0 Å². The van der Waals surface area contributed by atoms with Crippen molar-refractivity contribution in [1.29, 1.82) is 0 Å². The van der Waals surface area contributed by atoms with E-state index in [1.165, 1.54) is 0 Å². The van der Waals surface area contributed by atoms with E-state index in [0.29, 0.717) is 12.1 Å². The monoisotopic (exact) mass is 380 g/mol. The van der Waals surface area contributed by atoms with E-state index in [9.17, 15) is 9.59 Å². The lowest BCUT2D eigenvalue weighted by molar-refractivity contribution is 0.0632. The van der Waals surface area contributed by atoms with Crippen LogP contribution in [0, 0.1) is 6.92 Å². The molecule has 148 valence electrons. The highest BCUT2D eigenvalue weighted by Gasteiger charge is 2.46. The van der Waals surface area contributed by atoms with Crippen LogP contribution in [0.2, 0.25) is 0 Å². The SMILES string of the molecule is Cc1cncc(C(=O)N2CCCC3(CCc4c3nc(C(C)(C)C)[nH]c4=O)C2)c1. The molecule has 1 atom stereocenters. The molecule has 0 saturated carbocycles. The predicted octanol–water partition coefficient (Wildman–Crippen LogP) is 2.89. The average molecular weight is 380 g/mol. The lowest BCUT2D eigenvalue weighted by atomic mass is 9.77. The molecule has 0 aromatic carbocycles. The van der Waals surface area contributed by atoms with Crippen molar-refractivity contribution in [3.05, 3.63) is 57.0 Å². The molecular weight excluding hydrogens is 352 g/mol. The summed E-state index contributed by atoms with van der Waals surface area (Å²) in [5, 5.41) is 0. The van der Waals surface area contributed by atoms with Gasteiger partial charge in [-0.1, -0.05) is 20.8 Å². The molecule has 6 nitrogen and oxygen atoms in total. The fraction of sp³-hybridized carbons (Fsp3) is 0.545. The number of pyridine rings is 1. The Kier molecular flexibility index (Phi) is 4.40. The number of aromatic amines is 1. The molecule has 2 aromatic rings. The van der Waals surface area contributed by atoms with E-state index in [0.717, 1.165) is 54.9 Å². The number of hydrogen-bond acceptors (Lipinski definition) is 4. The average Bonchev–Trinajstić information content (AvgIpc) is 2.99. The van der Waals surface area contributed by atoms with Crippen molar-refractivity contribution in [3.63, 3.8) is 0 Å². The molecule has 1 aliphatic carbocycles. The molecule has 1 fully saturated rings. The first-order valence-corrected chi connectivity index (χ1v) is 10.0. The Morgan fingerprint density at radius 2 is 2.04 bits per heavy atom. The highest BCUT2D eigenvalue weighted by atomic mass is 16.2. The second-order valence-corrected chi connectivity index (χ2v) is 9.35. The van der Waals surface area contributed by atoms with Crippen LogP contribution in [0.1, 0.15) is 73.0 Å². The van der Waals surface area contributed by atoms with Gasteiger partial charge in [-0.2, -0.15) is 0 Å². The fourth-order valence-corrected chi connectivity index (χ4v) is 4.56. The molecule has 1 amide bonds. The van der Waals surface area contributed by atoms with Gasteiger partial charge in [0.25, 0.3) is 11.5 Å². The predicted molar refractivity (Wildman–Crippen MR) is 108 cm³/mol. The lowest BCUT2D eigenvalue weighted by Crippen LogP contribution is -2.48. The van der Waals surface area contributed by atoms with Crippen molar-refractivity contribution in [2.75, 3.05) is 13.1 Å². The normalized spacial score (nSPS) is 21.8. The molecule has 1 saturated heterocycles. The number of aromatic nitrogens is 3. The first-order valence-electron chi connectivity index (χ1n) is 10.0. The Bertz CT molecular complexity index is 989. The molecule has 2 aliphatic rings. The summed E-state index contributed by atoms with van der Waals surface area (Å²) in [5.74, 6) is 0.744. The van der Waals surface area contributed by atoms with Crippen LogP contribution < -0.4 is 5.56 Å². The standard InChI is InChI=1S/C22H28N4O2/c1-14-10-15(12-23-11-14)19(28)26-9-5-7-22(13-26)8-6-16-17(22)24-20(21(2,3)4)25-18(16)27/h10-12H,5-9,13H2,1-4H3,(H,24,25,27). The van der Waals surface area contributed by atoms with Gasteiger partial charge in [0.2, 0.25) is 0 Å². The Morgan fingerprint density at radius 1 is 1.25 bits per heavy atom. The highest BCUT2D eigenvalue weighted by Crippen LogP contribution is 2.43. The number of piperidine rings is 1. The van der Waals surface area contributed by atoms with Crippen LogP contribution in [0.15, 0.2) is 23.3 Å². The van der Waals surface area contributed by atoms with Gasteiger partial charge in [0.15, 0.2) is 0 Å². The van der Waals surface area contributed by atoms with Crippen LogP contribution in [0.3, 0.4) is 0 Å². The minimum absolute atomic E-state index is 0.0156. The second-order valence-electron chi connectivity index (χ2n) is 9.35. The van der Waals surface area contributed by atoms with Gasteiger partial charge in [0.1, 0.15) is 5.82 Å². The summed E-state index contributed by atoms with van der Waals surface area (Å²) >= 11 is 0. The van der Waals surface area contributed by atoms with Crippen LogP contribution in [0.4, 0.5) is 0 Å². The van der Waals surface area contributed by atoms with Crippen molar-refractivity contribution in [1.82, 2.24) is 19.9 Å². The summed E-state index contributed by atoms with van der Waals surface area (Å²) < 4.78 is 0. The number of amides is 1. The molecule has 1 spiro atoms. The number of aryl methyl sites for hydroxylation is 1. The lowest BCUT2D eigenvalue weighted by Gasteiger charge is -2.40. The highest BCUT2D eigenvalue weighted by molar-refractivity contribution is 5.94. The fourth-order valence-electron chi connectivity index (χ4n) is 4.56. The zero-order chi connectivity index (χ0) is 20.1. The van der Waals surface area contributed by atoms with Gasteiger partial charge in [0.05, 0.1) is 11.3 Å². The Morgan fingerprint density at radius 3 is 2.75 bits per heavy atom. The number of nitrogens with one attached hydrogen (secondary N) is 1. The van der Waals surface area contributed by atoms with Gasteiger partial charge in [0, 0.05) is 41.9 Å². The molecular formula is C22H28N4O2. The molecule has 28 heavy (non-hydrogen) atoms. The Hall–Kier alpha value is -2.50. The first-order chi connectivity index (χ1) is 13.2. The number of carbonyl (C=O) groups is 1. The van der Waals surface area contributed by atoms with Crippen molar-refractivity contribution in [3.8, 4) is 0 Å². The van der Waals surface area contributed by atoms with Crippen molar-refractivity contribution < 1.29 is 4.79 Å². The zero-order valence-electron chi connectivity index (χ0n) is 17.1. The molecule has 0 radical (unpaired) electrons. The summed E-state index contributed by atoms with van der Waals surface area (Å²) in [6.45, 7) is 9.47. The van der Waals surface area contributed by atoms with Gasteiger partial charge in [-0.3, -0.25) is 14.6 Å². The number of likely N-dealkylation sites (tertiary alicyclic amines) is 1. The number of nitrogens with zero attached hydrogens (tertiary/aromatic N) is 3. The third-order valence-corrected chi connectivity index (χ3v) is 6.07. The smallest absolute Gasteiger partial charge is 0.255 e. The van der Waals surface area contributed by atoms with Gasteiger partial charge < -0.3 is 9.88 Å². The quantitative estimate of drug-likeness (QED) is 0.825. The van der Waals surface area contributed by atoms with Crippen LogP contribution >= 0.6 is 0 Å². The summed E-state index contributed by atoms with van der Waals surface area (Å²) in [4.78, 5) is 39.8. The first kappa shape index (κ1) is 18.8. The maximum absolute atomic E-state index is 13.1. The minimum Gasteiger partial charge on any atom is -0.338 e. The van der Waals surface area contributed by atoms with Crippen LogP contribution in [0.25, 0.3) is 0 Å². The summed E-state index contributed by atoms with van der Waals surface area (Å²) in [7, 11) is 0. The third-order valence-electron chi connectivity index (χ3n) is 6.07. The maximum atomic E-state index is 13.1. The Balaban J connectivity index is 1.70. The molecule has 4 rings (SSSR count). The maximum Gasteiger partial charge on any atom is 0.255 e. The van der Waals surface area contributed by atoms with E-state index in [4.69, 9.17) is 4.98 Å². The van der Waals surface area contributed by atoms with Crippen LogP contribution in [-0.2, 0) is 17.3 Å². The van der Waals surface area contributed by atoms with Crippen LogP contribution in [0.5, 0.6) is 0 Å². The number of hydrogen-bond donors (Lipinski definition) is 1. The van der Waals surface area contributed by atoms with Gasteiger partial charge in [-0.05, 0) is 44.2 Å². The minimum atomic E-state index is -0.227. The summed E-state index contributed by atoms with van der Waals surface area (Å²) in [6.07, 6.45) is 6.89. The van der Waals surface area contributed by atoms with Gasteiger partial charge >= 0.3 is 0 Å². The Labute approximate surface area is 165 Å². The molecule has 2 aromatic heterocycles. The van der Waals surface area contributed by atoms with Crippen molar-refractivity contribution in [2.45, 2.75) is 64.2 Å². The van der Waals surface area contributed by atoms with Gasteiger partial charge in [-0.15, -0.1) is 0 Å². The molecule has 1 aliphatic heterocycles. The molecule has 1 unspecified atom stereocenters. The second kappa shape index (κ2) is 6.54. The van der Waals surface area contributed by atoms with E-state index >= 15 is 0 Å². The van der Waals surface area contributed by atoms with Crippen molar-refractivity contribution >= 4 is 5.91 Å². The molecule has 0 bridgehead atoms. The summed E-state index contributed by atoms with van der Waals surface area (Å²) in [5.41, 5.74) is 2.87. The molecule has 6 heteroatoms. The van der Waals surface area contributed by atoms with E-state index < -0.39 is 0 Å². The topological polar surface area (TPSA) is 79.0 Å². The number of rotatable bonds is 1. The number of H-pyrrole nitrogens is 1. The molecule has 3 heterocycles. The summed E-state index contributed by atoms with van der Waals surface area (Å²) in [6, 6.07) is 1.89. The van der Waals surface area contributed by atoms with Crippen LogP contribution in [-0.4, -0.2) is 38.8 Å². The zero-order valence-corrected chi connectivity index (χ0v) is 17.1. The van der Waals surface area contributed by atoms with E-state index in [1.54, 1.807) is 12.4 Å².